The Hall–Kier alpha value is -3.35. The maximum atomic E-state index is 13.4. The van der Waals surface area contributed by atoms with Crippen LogP contribution in [-0.4, -0.2) is 44.7 Å². The normalized spacial score (nSPS) is 15.6. The Morgan fingerprint density at radius 3 is 2.53 bits per heavy atom. The minimum absolute atomic E-state index is 0.0124. The second kappa shape index (κ2) is 9.43. The first kappa shape index (κ1) is 21.4. The average Bonchev–Trinajstić information content (AvgIpc) is 2.76. The van der Waals surface area contributed by atoms with Crippen molar-refractivity contribution in [1.82, 2.24) is 4.90 Å². The largest absolute Gasteiger partial charge is 0.493 e. The monoisotopic (exact) mass is 413 g/mol. The minimum Gasteiger partial charge on any atom is -0.493 e. The number of hydrogen-bond acceptors (Lipinski definition) is 5. The highest BCUT2D eigenvalue weighted by Crippen LogP contribution is 2.39. The number of halogens is 1. The molecule has 7 heteroatoms. The van der Waals surface area contributed by atoms with Gasteiger partial charge in [0.05, 0.1) is 33.8 Å². The van der Waals surface area contributed by atoms with E-state index >= 15 is 0 Å². The van der Waals surface area contributed by atoms with E-state index < -0.39 is 12.0 Å². The van der Waals surface area contributed by atoms with Crippen molar-refractivity contribution in [3.8, 4) is 11.5 Å². The van der Waals surface area contributed by atoms with Gasteiger partial charge < -0.3 is 19.1 Å². The second-order valence-corrected chi connectivity index (χ2v) is 6.87. The third-order valence-corrected chi connectivity index (χ3v) is 5.14. The molecule has 0 saturated heterocycles. The third kappa shape index (κ3) is 4.62. The van der Waals surface area contributed by atoms with Crippen LogP contribution in [0.25, 0.3) is 6.08 Å². The van der Waals surface area contributed by atoms with E-state index in [4.69, 9.17) is 14.2 Å². The number of esters is 1. The zero-order valence-corrected chi connectivity index (χ0v) is 17.2. The van der Waals surface area contributed by atoms with Crippen LogP contribution in [-0.2, 0) is 20.7 Å². The Balaban J connectivity index is 1.94. The Bertz CT molecular complexity index is 972. The summed E-state index contributed by atoms with van der Waals surface area (Å²) in [4.78, 5) is 26.7. The first-order valence-electron chi connectivity index (χ1n) is 9.52. The lowest BCUT2D eigenvalue weighted by atomic mass is 9.90. The molecule has 1 aliphatic heterocycles. The summed E-state index contributed by atoms with van der Waals surface area (Å²) in [7, 11) is 4.41. The molecule has 1 amide bonds. The predicted molar refractivity (Wildman–Crippen MR) is 110 cm³/mol. The van der Waals surface area contributed by atoms with Crippen molar-refractivity contribution in [3.05, 3.63) is 65.0 Å². The summed E-state index contributed by atoms with van der Waals surface area (Å²) in [5.41, 5.74) is 2.38. The molecule has 0 bridgehead atoms. The summed E-state index contributed by atoms with van der Waals surface area (Å²) in [5, 5.41) is 0. The molecule has 0 spiro atoms. The maximum absolute atomic E-state index is 13.4. The molecular formula is C23H24FNO5. The van der Waals surface area contributed by atoms with Gasteiger partial charge in [-0.1, -0.05) is 12.1 Å². The van der Waals surface area contributed by atoms with Gasteiger partial charge in [0.1, 0.15) is 5.82 Å². The Morgan fingerprint density at radius 1 is 1.13 bits per heavy atom. The molecule has 158 valence electrons. The molecule has 0 N–H and O–H groups in total. The molecule has 0 aliphatic carbocycles. The van der Waals surface area contributed by atoms with Gasteiger partial charge in [0.15, 0.2) is 11.5 Å². The first-order chi connectivity index (χ1) is 14.5. The zero-order chi connectivity index (χ0) is 21.7. The van der Waals surface area contributed by atoms with Crippen LogP contribution in [0.15, 0.2) is 42.5 Å². The van der Waals surface area contributed by atoms with Crippen LogP contribution in [0.4, 0.5) is 4.39 Å². The molecule has 0 aromatic heterocycles. The highest BCUT2D eigenvalue weighted by Gasteiger charge is 2.33. The van der Waals surface area contributed by atoms with Crippen molar-refractivity contribution in [2.75, 3.05) is 27.9 Å². The number of amides is 1. The quantitative estimate of drug-likeness (QED) is 0.535. The van der Waals surface area contributed by atoms with Crippen LogP contribution in [0.3, 0.4) is 0 Å². The molecule has 3 rings (SSSR count). The molecule has 0 radical (unpaired) electrons. The standard InChI is InChI=1S/C23H24FNO5/c1-28-20-12-16-9-10-25(22(26)8-7-15-5-4-6-17(24)11-15)19(14-23(27)30-3)18(16)13-21(20)29-2/h4-8,11-13,19H,9-10,14H2,1-3H3/b8-7+. The van der Waals surface area contributed by atoms with E-state index in [0.29, 0.717) is 30.0 Å². The number of benzene rings is 2. The molecular weight excluding hydrogens is 389 g/mol. The van der Waals surface area contributed by atoms with Crippen LogP contribution in [0.5, 0.6) is 11.5 Å². The highest BCUT2D eigenvalue weighted by molar-refractivity contribution is 5.92. The van der Waals surface area contributed by atoms with E-state index in [2.05, 4.69) is 0 Å². The summed E-state index contributed by atoms with van der Waals surface area (Å²) in [6.45, 7) is 0.427. The molecule has 1 atom stereocenters. The van der Waals surface area contributed by atoms with E-state index in [0.717, 1.165) is 11.1 Å². The van der Waals surface area contributed by atoms with Gasteiger partial charge in [-0.05, 0) is 53.5 Å². The smallest absolute Gasteiger partial charge is 0.307 e. The van der Waals surface area contributed by atoms with Gasteiger partial charge >= 0.3 is 5.97 Å². The number of methoxy groups -OCH3 is 3. The lowest BCUT2D eigenvalue weighted by Gasteiger charge is -2.36. The topological polar surface area (TPSA) is 65.1 Å². The van der Waals surface area contributed by atoms with Crippen molar-refractivity contribution in [3.63, 3.8) is 0 Å². The minimum atomic E-state index is -0.509. The van der Waals surface area contributed by atoms with Gasteiger partial charge in [0.2, 0.25) is 5.91 Å². The predicted octanol–water partition coefficient (Wildman–Crippen LogP) is 3.55. The van der Waals surface area contributed by atoms with Crippen LogP contribution in [0.2, 0.25) is 0 Å². The molecule has 0 fully saturated rings. The zero-order valence-electron chi connectivity index (χ0n) is 17.2. The Morgan fingerprint density at radius 2 is 1.87 bits per heavy atom. The summed E-state index contributed by atoms with van der Waals surface area (Å²) < 4.78 is 29.0. The SMILES string of the molecule is COC(=O)CC1c2cc(OC)c(OC)cc2CCN1C(=O)/C=C/c1cccc(F)c1. The molecule has 2 aromatic carbocycles. The number of carbonyl (C=O) groups excluding carboxylic acids is 2. The molecule has 1 unspecified atom stereocenters. The number of carbonyl (C=O) groups is 2. The third-order valence-electron chi connectivity index (χ3n) is 5.14. The highest BCUT2D eigenvalue weighted by atomic mass is 19.1. The maximum Gasteiger partial charge on any atom is 0.307 e. The van der Waals surface area contributed by atoms with E-state index in [9.17, 15) is 14.0 Å². The molecule has 30 heavy (non-hydrogen) atoms. The van der Waals surface area contributed by atoms with Crippen molar-refractivity contribution in [1.29, 1.82) is 0 Å². The lowest BCUT2D eigenvalue weighted by Crippen LogP contribution is -2.40. The fourth-order valence-corrected chi connectivity index (χ4v) is 3.63. The van der Waals surface area contributed by atoms with Gasteiger partial charge in [-0.25, -0.2) is 4.39 Å². The van der Waals surface area contributed by atoms with Crippen LogP contribution in [0, 0.1) is 5.82 Å². The van der Waals surface area contributed by atoms with Gasteiger partial charge in [0.25, 0.3) is 0 Å². The van der Waals surface area contributed by atoms with Crippen LogP contribution in [0.1, 0.15) is 29.2 Å². The summed E-state index contributed by atoms with van der Waals surface area (Å²) in [6, 6.07) is 9.15. The summed E-state index contributed by atoms with van der Waals surface area (Å²) in [5.74, 6) is 0.0545. The Kier molecular flexibility index (Phi) is 6.72. The average molecular weight is 413 g/mol. The first-order valence-corrected chi connectivity index (χ1v) is 9.52. The molecule has 2 aromatic rings. The Labute approximate surface area is 174 Å². The van der Waals surface area contributed by atoms with Crippen molar-refractivity contribution in [2.45, 2.75) is 18.9 Å². The van der Waals surface area contributed by atoms with E-state index in [1.807, 2.05) is 6.07 Å². The van der Waals surface area contributed by atoms with E-state index in [-0.39, 0.29) is 18.1 Å². The van der Waals surface area contributed by atoms with Gasteiger partial charge in [-0.2, -0.15) is 0 Å². The van der Waals surface area contributed by atoms with Gasteiger partial charge in [-0.15, -0.1) is 0 Å². The number of ether oxygens (including phenoxy) is 3. The number of fused-ring (bicyclic) bond motifs is 1. The van der Waals surface area contributed by atoms with Crippen molar-refractivity contribution < 1.29 is 28.2 Å². The molecule has 6 nitrogen and oxygen atoms in total. The molecule has 1 aliphatic rings. The number of nitrogens with zero attached hydrogens (tertiary/aromatic N) is 1. The fraction of sp³-hybridized carbons (Fsp3) is 0.304. The molecule has 0 saturated carbocycles. The lowest BCUT2D eigenvalue weighted by molar-refractivity contribution is -0.143. The fourth-order valence-electron chi connectivity index (χ4n) is 3.63. The van der Waals surface area contributed by atoms with Crippen LogP contribution < -0.4 is 9.47 Å². The van der Waals surface area contributed by atoms with E-state index in [1.165, 1.54) is 32.4 Å². The second-order valence-electron chi connectivity index (χ2n) is 6.87. The van der Waals surface area contributed by atoms with Crippen molar-refractivity contribution >= 4 is 18.0 Å². The summed E-state index contributed by atoms with van der Waals surface area (Å²) >= 11 is 0. The molecule has 1 heterocycles. The van der Waals surface area contributed by atoms with E-state index in [1.54, 1.807) is 36.3 Å². The summed E-state index contributed by atoms with van der Waals surface area (Å²) in [6.07, 6.45) is 3.57. The number of hydrogen-bond donors (Lipinski definition) is 0. The van der Waals surface area contributed by atoms with Crippen molar-refractivity contribution in [2.24, 2.45) is 0 Å². The van der Waals surface area contributed by atoms with Gasteiger partial charge in [0, 0.05) is 12.6 Å². The van der Waals surface area contributed by atoms with Gasteiger partial charge in [-0.3, -0.25) is 9.59 Å². The number of rotatable bonds is 6. The van der Waals surface area contributed by atoms with Crippen LogP contribution >= 0.6 is 0 Å².